The van der Waals surface area contributed by atoms with Gasteiger partial charge in [-0.1, -0.05) is 17.3 Å². The van der Waals surface area contributed by atoms with Gasteiger partial charge >= 0.3 is 0 Å². The number of anilines is 2. The summed E-state index contributed by atoms with van der Waals surface area (Å²) in [5, 5.41) is 12.3. The lowest BCUT2D eigenvalue weighted by Gasteiger charge is -2.10. The third-order valence-electron chi connectivity index (χ3n) is 1.71. The fraction of sp³-hybridized carbons (Fsp3) is 0. The van der Waals surface area contributed by atoms with Crippen molar-refractivity contribution >= 4 is 11.6 Å². The first-order valence-electron chi connectivity index (χ1n) is 4.17. The summed E-state index contributed by atoms with van der Waals surface area (Å²) in [5.74, 6) is 0.678. The van der Waals surface area contributed by atoms with Gasteiger partial charge in [0.15, 0.2) is 11.6 Å². The molecule has 0 atom stereocenters. The predicted octanol–water partition coefficient (Wildman–Crippen LogP) is 1.96. The molecular formula is C10H8N3O. The Morgan fingerprint density at radius 1 is 0.857 bits per heavy atom. The summed E-state index contributed by atoms with van der Waals surface area (Å²) < 4.78 is 0. The van der Waals surface area contributed by atoms with Gasteiger partial charge in [0.1, 0.15) is 0 Å². The van der Waals surface area contributed by atoms with Crippen LogP contribution in [0.3, 0.4) is 0 Å². The number of rotatable bonds is 2. The van der Waals surface area contributed by atoms with Gasteiger partial charge in [0.2, 0.25) is 0 Å². The normalized spacial score (nSPS) is 9.79. The summed E-state index contributed by atoms with van der Waals surface area (Å²) in [4.78, 5) is 7.86. The molecule has 4 nitrogen and oxygen atoms in total. The van der Waals surface area contributed by atoms with E-state index in [1.54, 1.807) is 48.8 Å². The summed E-state index contributed by atoms with van der Waals surface area (Å²) in [5.41, 5.74) is 0. The topological polar surface area (TPSA) is 48.9 Å². The Morgan fingerprint density at radius 2 is 1.36 bits per heavy atom. The minimum Gasteiger partial charge on any atom is -0.237 e. The second kappa shape index (κ2) is 3.85. The molecule has 0 unspecified atom stereocenters. The summed E-state index contributed by atoms with van der Waals surface area (Å²) in [7, 11) is 0. The maximum atomic E-state index is 11.6. The maximum Gasteiger partial charge on any atom is 0.162 e. The molecule has 14 heavy (non-hydrogen) atoms. The molecule has 0 aliphatic carbocycles. The number of pyridine rings is 2. The van der Waals surface area contributed by atoms with Crippen molar-refractivity contribution in [2.24, 2.45) is 0 Å². The molecule has 0 N–H and O–H groups in total. The van der Waals surface area contributed by atoms with Crippen LogP contribution >= 0.6 is 0 Å². The average molecular weight is 186 g/mol. The molecule has 0 aromatic carbocycles. The van der Waals surface area contributed by atoms with E-state index in [4.69, 9.17) is 0 Å². The van der Waals surface area contributed by atoms with E-state index in [9.17, 15) is 5.21 Å². The van der Waals surface area contributed by atoms with Crippen molar-refractivity contribution in [3.63, 3.8) is 0 Å². The van der Waals surface area contributed by atoms with E-state index in [1.165, 1.54) is 0 Å². The zero-order valence-corrected chi connectivity index (χ0v) is 7.37. The Kier molecular flexibility index (Phi) is 2.38. The lowest BCUT2D eigenvalue weighted by molar-refractivity contribution is 0.191. The van der Waals surface area contributed by atoms with Crippen molar-refractivity contribution in [1.29, 1.82) is 0 Å². The molecule has 0 amide bonds. The van der Waals surface area contributed by atoms with E-state index in [2.05, 4.69) is 9.97 Å². The van der Waals surface area contributed by atoms with Gasteiger partial charge in [0, 0.05) is 12.4 Å². The third kappa shape index (κ3) is 1.70. The molecule has 0 saturated carbocycles. The molecular weight excluding hydrogens is 178 g/mol. The first-order valence-corrected chi connectivity index (χ1v) is 4.17. The highest BCUT2D eigenvalue weighted by Gasteiger charge is 2.08. The molecule has 0 aliphatic rings. The van der Waals surface area contributed by atoms with Crippen LogP contribution in [-0.4, -0.2) is 9.97 Å². The van der Waals surface area contributed by atoms with Gasteiger partial charge < -0.3 is 0 Å². The van der Waals surface area contributed by atoms with Crippen LogP contribution in [0.2, 0.25) is 0 Å². The molecule has 0 aliphatic heterocycles. The molecule has 2 heterocycles. The molecule has 0 bridgehead atoms. The van der Waals surface area contributed by atoms with Gasteiger partial charge in [-0.25, -0.2) is 9.97 Å². The largest absolute Gasteiger partial charge is 0.237 e. The molecule has 2 aromatic heterocycles. The van der Waals surface area contributed by atoms with E-state index < -0.39 is 0 Å². The summed E-state index contributed by atoms with van der Waals surface area (Å²) >= 11 is 0. The van der Waals surface area contributed by atoms with E-state index in [0.717, 1.165) is 0 Å². The summed E-state index contributed by atoms with van der Waals surface area (Å²) in [6.45, 7) is 0. The second-order valence-corrected chi connectivity index (χ2v) is 2.67. The molecule has 1 radical (unpaired) electrons. The van der Waals surface area contributed by atoms with E-state index in [0.29, 0.717) is 16.7 Å². The second-order valence-electron chi connectivity index (χ2n) is 2.67. The average Bonchev–Trinajstić information content (AvgIpc) is 2.30. The van der Waals surface area contributed by atoms with Crippen molar-refractivity contribution in [3.05, 3.63) is 48.8 Å². The third-order valence-corrected chi connectivity index (χ3v) is 1.71. The van der Waals surface area contributed by atoms with Crippen molar-refractivity contribution in [2.75, 3.05) is 5.06 Å². The molecule has 0 spiro atoms. The fourth-order valence-electron chi connectivity index (χ4n) is 1.07. The minimum atomic E-state index is 0.339. The molecule has 0 saturated heterocycles. The number of hydrogen-bond acceptors (Lipinski definition) is 3. The maximum absolute atomic E-state index is 11.6. The van der Waals surface area contributed by atoms with Crippen molar-refractivity contribution < 1.29 is 5.21 Å². The first-order chi connectivity index (χ1) is 6.88. The fourth-order valence-corrected chi connectivity index (χ4v) is 1.07. The van der Waals surface area contributed by atoms with Gasteiger partial charge in [0.05, 0.1) is 0 Å². The highest BCUT2D eigenvalue weighted by Crippen LogP contribution is 2.17. The van der Waals surface area contributed by atoms with Crippen LogP contribution < -0.4 is 5.06 Å². The highest BCUT2D eigenvalue weighted by molar-refractivity contribution is 5.50. The molecule has 0 fully saturated rings. The first kappa shape index (κ1) is 8.65. The summed E-state index contributed by atoms with van der Waals surface area (Å²) in [6.07, 6.45) is 3.15. The van der Waals surface area contributed by atoms with Gasteiger partial charge in [-0.3, -0.25) is 0 Å². The van der Waals surface area contributed by atoms with Gasteiger partial charge in [-0.05, 0) is 24.3 Å². The smallest absolute Gasteiger partial charge is 0.162 e. The van der Waals surface area contributed by atoms with E-state index in [-0.39, 0.29) is 0 Å². The van der Waals surface area contributed by atoms with Crippen LogP contribution in [0.5, 0.6) is 0 Å². The number of hydrogen-bond donors (Lipinski definition) is 0. The predicted molar refractivity (Wildman–Crippen MR) is 51.3 cm³/mol. The lowest BCUT2D eigenvalue weighted by Crippen LogP contribution is -2.10. The zero-order chi connectivity index (χ0) is 9.80. The Hall–Kier alpha value is -1.94. The van der Waals surface area contributed by atoms with Crippen LogP contribution in [0.25, 0.3) is 0 Å². The van der Waals surface area contributed by atoms with Gasteiger partial charge in [-0.2, -0.15) is 5.06 Å². The highest BCUT2D eigenvalue weighted by atomic mass is 16.5. The van der Waals surface area contributed by atoms with Crippen LogP contribution in [0.15, 0.2) is 48.8 Å². The Labute approximate surface area is 81.4 Å². The monoisotopic (exact) mass is 186 g/mol. The van der Waals surface area contributed by atoms with Crippen LogP contribution in [0.1, 0.15) is 0 Å². The zero-order valence-electron chi connectivity index (χ0n) is 7.37. The van der Waals surface area contributed by atoms with E-state index in [1.807, 2.05) is 0 Å². The molecule has 2 rings (SSSR count). The minimum absolute atomic E-state index is 0.339. The Balaban J connectivity index is 2.30. The number of aromatic nitrogens is 2. The summed E-state index contributed by atoms with van der Waals surface area (Å²) in [6, 6.07) is 10.3. The molecule has 4 heteroatoms. The SMILES string of the molecule is [O]N(c1ccccn1)c1ccccn1. The van der Waals surface area contributed by atoms with Crippen LogP contribution in [0.4, 0.5) is 11.6 Å². The Morgan fingerprint density at radius 3 is 1.71 bits per heavy atom. The Bertz CT molecular complexity index is 351. The van der Waals surface area contributed by atoms with Crippen molar-refractivity contribution in [2.45, 2.75) is 0 Å². The van der Waals surface area contributed by atoms with Crippen LogP contribution in [0, 0.1) is 0 Å². The van der Waals surface area contributed by atoms with Gasteiger partial charge in [-0.15, -0.1) is 0 Å². The number of nitrogens with zero attached hydrogens (tertiary/aromatic N) is 3. The lowest BCUT2D eigenvalue weighted by atomic mass is 10.4. The van der Waals surface area contributed by atoms with Gasteiger partial charge in [0.25, 0.3) is 0 Å². The molecule has 2 aromatic rings. The van der Waals surface area contributed by atoms with Crippen molar-refractivity contribution in [3.8, 4) is 0 Å². The molecule has 69 valence electrons. The standard InChI is InChI=1S/C10H8N3O/c14-13(9-5-1-3-7-11-9)10-6-2-4-8-12-10/h1-8H. The van der Waals surface area contributed by atoms with E-state index >= 15 is 0 Å². The van der Waals surface area contributed by atoms with Crippen molar-refractivity contribution in [1.82, 2.24) is 9.97 Å². The van der Waals surface area contributed by atoms with Crippen LogP contribution in [-0.2, 0) is 5.21 Å². The quantitative estimate of drug-likeness (QED) is 0.673.